The molecule has 0 fully saturated rings. The zero-order valence-corrected chi connectivity index (χ0v) is 13.2. The fraction of sp³-hybridized carbons (Fsp3) is 0.375. The Morgan fingerprint density at radius 1 is 1.25 bits per heavy atom. The van der Waals surface area contributed by atoms with Crippen molar-refractivity contribution in [1.29, 1.82) is 0 Å². The molecule has 0 amide bonds. The second-order valence-electron chi connectivity index (χ2n) is 3.04. The lowest BCUT2D eigenvalue weighted by Gasteiger charge is -1.94. The largest absolute Gasteiger partial charge is 0.463 e. The normalized spacial score (nSPS) is 10.7. The molecule has 1 rings (SSSR count). The number of rotatable bonds is 3. The maximum atomic E-state index is 11.6. The summed E-state index contributed by atoms with van der Waals surface area (Å²) in [5.74, 6) is -1.53. The van der Waals surface area contributed by atoms with Crippen LogP contribution >= 0.6 is 0 Å². The first-order valence-corrected chi connectivity index (χ1v) is 6.74. The van der Waals surface area contributed by atoms with E-state index in [9.17, 15) is 9.59 Å². The highest BCUT2D eigenvalue weighted by Crippen LogP contribution is 1.92. The van der Waals surface area contributed by atoms with Crippen molar-refractivity contribution in [3.63, 3.8) is 0 Å². The number of aromatic amines is 1. The van der Waals surface area contributed by atoms with E-state index in [-0.39, 0.29) is 0 Å². The summed E-state index contributed by atoms with van der Waals surface area (Å²) in [5.41, 5.74) is 0.308. The molecule has 0 aliphatic carbocycles. The summed E-state index contributed by atoms with van der Waals surface area (Å²) in [6, 6.07) is 0. The Bertz CT molecular complexity index is 539. The Labute approximate surface area is 120 Å². The molecule has 1 N–H and O–H groups in total. The summed E-state index contributed by atoms with van der Waals surface area (Å²) in [6.07, 6.45) is 6.57. The number of ketones is 1. The van der Waals surface area contributed by atoms with E-state index < -0.39 is 11.8 Å². The quantitative estimate of drug-likeness (QED) is 0.524. The van der Waals surface area contributed by atoms with Crippen LogP contribution in [0.2, 0.25) is 0 Å². The molecule has 0 aliphatic rings. The van der Waals surface area contributed by atoms with Gasteiger partial charge in [0.1, 0.15) is 0 Å². The number of H-pyrrole nitrogens is 1. The topological polar surface area (TPSA) is 59.2 Å². The second-order valence-corrected chi connectivity index (χ2v) is 3.04. The smallest absolute Gasteiger partial charge is 0.379 e. The first-order valence-electron chi connectivity index (χ1n) is 6.74. The fourth-order valence-electron chi connectivity index (χ4n) is 1.41. The number of Topliss-reactive ketones (excluding diaryl/α,β-unsaturated/α-hetero) is 1. The van der Waals surface area contributed by atoms with Gasteiger partial charge < -0.3 is 9.72 Å². The third-order valence-electron chi connectivity index (χ3n) is 2.14. The minimum atomic E-state index is -0.868. The van der Waals surface area contributed by atoms with Crippen molar-refractivity contribution in [2.24, 2.45) is 0 Å². The van der Waals surface area contributed by atoms with Crippen LogP contribution in [0.25, 0.3) is 12.2 Å². The molecule has 4 heteroatoms. The molecule has 0 spiro atoms. The van der Waals surface area contributed by atoms with Crippen molar-refractivity contribution in [3.8, 4) is 0 Å². The van der Waals surface area contributed by atoms with Gasteiger partial charge in [0.25, 0.3) is 5.78 Å². The van der Waals surface area contributed by atoms with Crippen LogP contribution in [0.3, 0.4) is 0 Å². The van der Waals surface area contributed by atoms with Crippen LogP contribution in [-0.2, 0) is 9.53 Å². The molecule has 20 heavy (non-hydrogen) atoms. The third-order valence-corrected chi connectivity index (χ3v) is 2.14. The van der Waals surface area contributed by atoms with Crippen LogP contribution in [0.4, 0.5) is 0 Å². The number of nitrogens with one attached hydrogen (secondary N) is 1. The van der Waals surface area contributed by atoms with Crippen molar-refractivity contribution in [2.45, 2.75) is 34.6 Å². The van der Waals surface area contributed by atoms with Gasteiger partial charge in [0.2, 0.25) is 0 Å². The molecular weight excluding hydrogens is 254 g/mol. The number of aromatic nitrogens is 1. The maximum Gasteiger partial charge on any atom is 0.379 e. The average Bonchev–Trinajstić information content (AvgIpc) is 2.92. The van der Waals surface area contributed by atoms with Crippen LogP contribution < -0.4 is 10.6 Å². The third kappa shape index (κ3) is 5.26. The van der Waals surface area contributed by atoms with Crippen molar-refractivity contribution in [2.75, 3.05) is 7.11 Å². The van der Waals surface area contributed by atoms with Gasteiger partial charge in [-0.2, -0.15) is 0 Å². The van der Waals surface area contributed by atoms with E-state index >= 15 is 0 Å². The number of hydrogen-bond acceptors (Lipinski definition) is 3. The Morgan fingerprint density at radius 3 is 2.20 bits per heavy atom. The number of hydrogen-bond donors (Lipinski definition) is 1. The van der Waals surface area contributed by atoms with E-state index in [2.05, 4.69) is 16.3 Å². The van der Waals surface area contributed by atoms with E-state index in [0.29, 0.717) is 10.8 Å². The lowest BCUT2D eigenvalue weighted by Crippen LogP contribution is -2.29. The molecule has 0 saturated carbocycles. The molecule has 1 aromatic heterocycles. The number of carbonyl (C=O) groups is 2. The number of esters is 1. The van der Waals surface area contributed by atoms with E-state index in [1.807, 2.05) is 27.7 Å². The molecule has 1 aromatic rings. The molecule has 0 bridgehead atoms. The standard InChI is InChI=1S/C12H13NO3.2C2H6/c1-4-6-10-8(5-2)9(7-13-10)11(14)12(15)16-3;2*1-2/h4-7,13H,1H2,2-3H3;2*1-2H3/b8-5-,10-6+;;. The van der Waals surface area contributed by atoms with Gasteiger partial charge in [0, 0.05) is 16.8 Å². The summed E-state index contributed by atoms with van der Waals surface area (Å²) in [5, 5.41) is 1.42. The molecule has 0 aromatic carbocycles. The highest BCUT2D eigenvalue weighted by molar-refractivity contribution is 6.40. The van der Waals surface area contributed by atoms with E-state index in [1.54, 1.807) is 25.2 Å². The van der Waals surface area contributed by atoms with Gasteiger partial charge in [0.05, 0.1) is 12.7 Å². The summed E-state index contributed by atoms with van der Waals surface area (Å²) in [4.78, 5) is 25.6. The molecule has 112 valence electrons. The van der Waals surface area contributed by atoms with Gasteiger partial charge in [-0.05, 0) is 13.0 Å². The lowest BCUT2D eigenvalue weighted by atomic mass is 10.1. The Balaban J connectivity index is 0. The Morgan fingerprint density at radius 2 is 1.80 bits per heavy atom. The van der Waals surface area contributed by atoms with E-state index in [4.69, 9.17) is 0 Å². The van der Waals surface area contributed by atoms with Gasteiger partial charge in [-0.25, -0.2) is 4.79 Å². The Hall–Kier alpha value is -2.10. The SMILES string of the molecule is C=C/C=c1/[nH]cc(C(=O)C(=O)OC)/c1=C/C.CC.CC. The van der Waals surface area contributed by atoms with E-state index in [0.717, 1.165) is 5.35 Å². The van der Waals surface area contributed by atoms with Crippen LogP contribution in [0.5, 0.6) is 0 Å². The molecule has 4 nitrogen and oxygen atoms in total. The Kier molecular flexibility index (Phi) is 12.1. The van der Waals surface area contributed by atoms with Crippen LogP contribution in [0, 0.1) is 0 Å². The summed E-state index contributed by atoms with van der Waals surface area (Å²) in [6.45, 7) is 13.4. The average molecular weight is 279 g/mol. The van der Waals surface area contributed by atoms with Crippen molar-refractivity contribution in [1.82, 2.24) is 4.98 Å². The molecule has 0 radical (unpaired) electrons. The molecular formula is C16H25NO3. The second kappa shape index (κ2) is 12.0. The summed E-state index contributed by atoms with van der Waals surface area (Å²) < 4.78 is 4.39. The van der Waals surface area contributed by atoms with Crippen LogP contribution in [0.15, 0.2) is 18.9 Å². The molecule has 0 aliphatic heterocycles. The molecule has 0 saturated heterocycles. The summed E-state index contributed by atoms with van der Waals surface area (Å²) in [7, 11) is 1.18. The molecule has 1 heterocycles. The first-order chi connectivity index (χ1) is 9.65. The zero-order chi connectivity index (χ0) is 16.1. The molecule has 0 atom stereocenters. The molecule has 0 unspecified atom stereocenters. The van der Waals surface area contributed by atoms with Gasteiger partial charge in [-0.1, -0.05) is 46.4 Å². The van der Waals surface area contributed by atoms with Gasteiger partial charge in [-0.3, -0.25) is 4.79 Å². The van der Waals surface area contributed by atoms with Gasteiger partial charge in [-0.15, -0.1) is 0 Å². The lowest BCUT2D eigenvalue weighted by molar-refractivity contribution is -0.135. The number of allylic oxidation sites excluding steroid dienone is 1. The predicted molar refractivity (Wildman–Crippen MR) is 83.9 cm³/mol. The number of methoxy groups -OCH3 is 1. The first kappa shape index (κ1) is 20.2. The fourth-order valence-corrected chi connectivity index (χ4v) is 1.41. The maximum absolute atomic E-state index is 11.6. The minimum Gasteiger partial charge on any atom is -0.463 e. The van der Waals surface area contributed by atoms with Crippen LogP contribution in [-0.4, -0.2) is 23.8 Å². The van der Waals surface area contributed by atoms with E-state index in [1.165, 1.54) is 13.3 Å². The van der Waals surface area contributed by atoms with Gasteiger partial charge >= 0.3 is 5.97 Å². The van der Waals surface area contributed by atoms with Crippen LogP contribution in [0.1, 0.15) is 45.0 Å². The number of ether oxygens (including phenoxy) is 1. The monoisotopic (exact) mass is 279 g/mol. The predicted octanol–water partition coefficient (Wildman–Crippen LogP) is 2.19. The minimum absolute atomic E-state index is 0.308. The van der Waals surface area contributed by atoms with Crippen molar-refractivity contribution < 1.29 is 14.3 Å². The zero-order valence-electron chi connectivity index (χ0n) is 13.2. The van der Waals surface area contributed by atoms with Crippen molar-refractivity contribution >= 4 is 23.9 Å². The highest BCUT2D eigenvalue weighted by Gasteiger charge is 2.18. The number of carbonyl (C=O) groups excluding carboxylic acids is 2. The highest BCUT2D eigenvalue weighted by atomic mass is 16.5. The van der Waals surface area contributed by atoms with Crippen molar-refractivity contribution in [3.05, 3.63) is 35.0 Å². The van der Waals surface area contributed by atoms with Gasteiger partial charge in [0.15, 0.2) is 0 Å². The summed E-state index contributed by atoms with van der Waals surface area (Å²) >= 11 is 0.